The lowest BCUT2D eigenvalue weighted by atomic mass is 10.0. The number of rotatable bonds is 7. The lowest BCUT2D eigenvalue weighted by molar-refractivity contribution is -0.141. The van der Waals surface area contributed by atoms with Crippen molar-refractivity contribution in [3.8, 4) is 0 Å². The number of nitrogens with zero attached hydrogens (tertiary/aromatic N) is 2. The van der Waals surface area contributed by atoms with E-state index in [4.69, 9.17) is 5.11 Å². The number of hydrogen-bond donors (Lipinski definition) is 3. The number of carboxylic acid groups (broad SMARTS) is 1. The lowest BCUT2D eigenvalue weighted by Crippen LogP contribution is -2.44. The third kappa shape index (κ3) is 9.25. The third-order valence-electron chi connectivity index (χ3n) is 6.72. The summed E-state index contributed by atoms with van der Waals surface area (Å²) >= 11 is 3.22. The number of carboxylic acids is 1. The van der Waals surface area contributed by atoms with Crippen molar-refractivity contribution in [2.24, 2.45) is 5.92 Å². The minimum atomic E-state index is -3.40. The Labute approximate surface area is 242 Å². The highest BCUT2D eigenvalue weighted by Crippen LogP contribution is 2.27. The summed E-state index contributed by atoms with van der Waals surface area (Å²) in [5, 5.41) is 9.14. The first-order valence-electron chi connectivity index (χ1n) is 11.9. The maximum Gasteiger partial charge on any atom is 0.307 e. The summed E-state index contributed by atoms with van der Waals surface area (Å²) in [5.41, 5.74) is 1.03. The molecule has 2 aliphatic rings. The Morgan fingerprint density at radius 3 is 1.69 bits per heavy atom. The largest absolute Gasteiger partial charge is 0.481 e. The Bertz CT molecular complexity index is 1260. The molecule has 0 radical (unpaired) electrons. The average molecular weight is 650 g/mol. The van der Waals surface area contributed by atoms with Gasteiger partial charge >= 0.3 is 5.97 Å². The maximum absolute atomic E-state index is 11.8. The summed E-state index contributed by atoms with van der Waals surface area (Å²) < 4.78 is 51.3. The summed E-state index contributed by atoms with van der Waals surface area (Å²) in [5.74, 6) is -0.906. The van der Waals surface area contributed by atoms with Gasteiger partial charge in [0, 0.05) is 35.8 Å². The minimum absolute atomic E-state index is 0. The Hall–Kier alpha value is -2.03. The molecule has 13 heteroatoms. The molecule has 0 aromatic heterocycles. The first-order chi connectivity index (χ1) is 17.5. The number of anilines is 1. The third-order valence-corrected chi connectivity index (χ3v) is 10.1. The van der Waals surface area contributed by atoms with Crippen molar-refractivity contribution in [2.45, 2.75) is 49.9 Å². The summed E-state index contributed by atoms with van der Waals surface area (Å²) in [6.45, 7) is 3.34. The SMILES string of the molecule is C.C.CNS(=O)(=O)c1ccc(Br)cc1.CNS(=O)(=O)c1ccc(N2CCC(N3CCC(C(=O)O)C3)CC2)cc1. The van der Waals surface area contributed by atoms with Gasteiger partial charge in [0.15, 0.2) is 0 Å². The van der Waals surface area contributed by atoms with Crippen LogP contribution in [0.25, 0.3) is 0 Å². The molecule has 0 spiro atoms. The van der Waals surface area contributed by atoms with Crippen LogP contribution in [0.2, 0.25) is 0 Å². The van der Waals surface area contributed by atoms with Gasteiger partial charge in [-0.05, 0) is 88.4 Å². The van der Waals surface area contributed by atoms with Crippen molar-refractivity contribution in [1.29, 1.82) is 0 Å². The summed E-state index contributed by atoms with van der Waals surface area (Å²) in [7, 11) is -3.90. The topological polar surface area (TPSA) is 136 Å². The highest BCUT2D eigenvalue weighted by Gasteiger charge is 2.33. The molecule has 4 rings (SSSR count). The lowest BCUT2D eigenvalue weighted by Gasteiger charge is -2.38. The Balaban J connectivity index is 0.000000463. The van der Waals surface area contributed by atoms with E-state index in [1.54, 1.807) is 24.3 Å². The quantitative estimate of drug-likeness (QED) is 0.414. The molecular weight excluding hydrogens is 608 g/mol. The molecule has 0 bridgehead atoms. The molecule has 2 aromatic rings. The number of benzene rings is 2. The molecule has 0 amide bonds. The molecule has 2 aromatic carbocycles. The molecule has 2 heterocycles. The fourth-order valence-electron chi connectivity index (χ4n) is 4.50. The van der Waals surface area contributed by atoms with Crippen LogP contribution >= 0.6 is 15.9 Å². The van der Waals surface area contributed by atoms with Crippen LogP contribution in [0.4, 0.5) is 5.69 Å². The molecule has 2 aliphatic heterocycles. The summed E-state index contributed by atoms with van der Waals surface area (Å²) in [4.78, 5) is 16.2. The van der Waals surface area contributed by atoms with Crippen molar-refractivity contribution in [2.75, 3.05) is 45.2 Å². The average Bonchev–Trinajstić information content (AvgIpc) is 3.40. The zero-order valence-electron chi connectivity index (χ0n) is 20.8. The molecule has 2 fully saturated rings. The second-order valence-electron chi connectivity index (χ2n) is 8.90. The standard InChI is InChI=1S/C17H25N3O4S.C7H8BrNO2S.2CH4/c1-18-25(23,24)16-4-2-14(3-5-16)19-10-7-15(8-11-19)20-9-6-13(12-20)17(21)22;1-9-12(10,11)7-4-2-6(8)3-5-7;;/h2-5,13,15,18H,6-12H2,1H3,(H,21,22);2-5,9H,1H3;2*1H4. The van der Waals surface area contributed by atoms with Gasteiger partial charge in [0.25, 0.3) is 0 Å². The molecule has 1 atom stereocenters. The minimum Gasteiger partial charge on any atom is -0.481 e. The van der Waals surface area contributed by atoms with Crippen LogP contribution < -0.4 is 14.3 Å². The number of likely N-dealkylation sites (tertiary alicyclic amines) is 1. The van der Waals surface area contributed by atoms with Gasteiger partial charge in [-0.3, -0.25) is 9.69 Å². The maximum atomic E-state index is 11.8. The van der Waals surface area contributed by atoms with Crippen molar-refractivity contribution in [3.63, 3.8) is 0 Å². The van der Waals surface area contributed by atoms with E-state index in [9.17, 15) is 21.6 Å². The highest BCUT2D eigenvalue weighted by atomic mass is 79.9. The number of halogens is 1. The monoisotopic (exact) mass is 648 g/mol. The molecule has 10 nitrogen and oxygen atoms in total. The van der Waals surface area contributed by atoms with Crippen molar-refractivity contribution >= 4 is 47.6 Å². The van der Waals surface area contributed by atoms with E-state index >= 15 is 0 Å². The van der Waals surface area contributed by atoms with Crippen LogP contribution in [-0.4, -0.2) is 79.1 Å². The van der Waals surface area contributed by atoms with Crippen molar-refractivity contribution in [1.82, 2.24) is 14.3 Å². The van der Waals surface area contributed by atoms with E-state index in [-0.39, 0.29) is 30.6 Å². The molecule has 1 unspecified atom stereocenters. The van der Waals surface area contributed by atoms with Gasteiger partial charge in [0.2, 0.25) is 20.0 Å². The predicted molar refractivity (Wildman–Crippen MR) is 159 cm³/mol. The number of hydrogen-bond acceptors (Lipinski definition) is 7. The molecule has 220 valence electrons. The number of nitrogens with one attached hydrogen (secondary N) is 2. The second-order valence-corrected chi connectivity index (χ2v) is 13.6. The summed E-state index contributed by atoms with van der Waals surface area (Å²) in [6, 6.07) is 13.8. The molecule has 3 N–H and O–H groups in total. The van der Waals surface area contributed by atoms with Gasteiger partial charge in [0.05, 0.1) is 15.7 Å². The van der Waals surface area contributed by atoms with Crippen LogP contribution in [-0.2, 0) is 24.8 Å². The Morgan fingerprint density at radius 1 is 0.821 bits per heavy atom. The van der Waals surface area contributed by atoms with Crippen molar-refractivity contribution in [3.05, 3.63) is 53.0 Å². The Morgan fingerprint density at radius 2 is 1.28 bits per heavy atom. The molecule has 0 aliphatic carbocycles. The first kappa shape index (κ1) is 35.0. The van der Waals surface area contributed by atoms with Gasteiger partial charge < -0.3 is 10.0 Å². The zero-order chi connectivity index (χ0) is 27.2. The van der Waals surface area contributed by atoms with E-state index in [0.717, 1.165) is 49.1 Å². The zero-order valence-corrected chi connectivity index (χ0v) is 24.0. The molecule has 0 saturated carbocycles. The van der Waals surface area contributed by atoms with Crippen LogP contribution in [0, 0.1) is 5.92 Å². The molecular formula is C26H41BrN4O6S2. The number of piperidine rings is 1. The normalized spacial score (nSPS) is 18.3. The van der Waals surface area contributed by atoms with Crippen LogP contribution in [0.1, 0.15) is 34.1 Å². The van der Waals surface area contributed by atoms with E-state index in [1.165, 1.54) is 26.2 Å². The van der Waals surface area contributed by atoms with Crippen LogP contribution in [0.15, 0.2) is 62.8 Å². The first-order valence-corrected chi connectivity index (χ1v) is 15.7. The van der Waals surface area contributed by atoms with E-state index in [0.29, 0.717) is 12.6 Å². The second kappa shape index (κ2) is 15.1. The van der Waals surface area contributed by atoms with Crippen molar-refractivity contribution < 1.29 is 26.7 Å². The highest BCUT2D eigenvalue weighted by molar-refractivity contribution is 9.10. The fraction of sp³-hybridized carbons (Fsp3) is 0.500. The number of carbonyl (C=O) groups is 1. The molecule has 39 heavy (non-hydrogen) atoms. The summed E-state index contributed by atoms with van der Waals surface area (Å²) in [6.07, 6.45) is 2.75. The number of aliphatic carboxylic acids is 1. The van der Waals surface area contributed by atoms with Crippen LogP contribution in [0.3, 0.4) is 0 Å². The number of sulfonamides is 2. The van der Waals surface area contributed by atoms with E-state index in [1.807, 2.05) is 12.1 Å². The predicted octanol–water partition coefficient (Wildman–Crippen LogP) is 3.60. The fourth-order valence-corrected chi connectivity index (χ4v) is 6.22. The Kier molecular flexibility index (Phi) is 13.6. The molecule has 2 saturated heterocycles. The van der Waals surface area contributed by atoms with Gasteiger partial charge in [-0.25, -0.2) is 26.3 Å². The van der Waals surface area contributed by atoms with Gasteiger partial charge in [-0.2, -0.15) is 0 Å². The van der Waals surface area contributed by atoms with E-state index < -0.39 is 26.0 Å². The van der Waals surface area contributed by atoms with E-state index in [2.05, 4.69) is 35.2 Å². The smallest absolute Gasteiger partial charge is 0.307 e. The van der Waals surface area contributed by atoms with Gasteiger partial charge in [-0.15, -0.1) is 0 Å². The van der Waals surface area contributed by atoms with Crippen LogP contribution in [0.5, 0.6) is 0 Å². The van der Waals surface area contributed by atoms with Gasteiger partial charge in [0.1, 0.15) is 0 Å². The van der Waals surface area contributed by atoms with Gasteiger partial charge in [-0.1, -0.05) is 30.8 Å².